The zero-order chi connectivity index (χ0) is 30.7. The summed E-state index contributed by atoms with van der Waals surface area (Å²) >= 11 is 6.61. The molecule has 0 spiro atoms. The smallest absolute Gasteiger partial charge is 0.309 e. The molecule has 2 fully saturated rings. The maximum absolute atomic E-state index is 15.8. The summed E-state index contributed by atoms with van der Waals surface area (Å²) in [6.07, 6.45) is 6.99. The number of aromatic nitrogens is 2. The third-order valence-corrected chi connectivity index (χ3v) is 9.82. The van der Waals surface area contributed by atoms with Crippen molar-refractivity contribution < 1.29 is 23.5 Å². The molecule has 43 heavy (non-hydrogen) atoms. The lowest BCUT2D eigenvalue weighted by Gasteiger charge is -2.40. The second kappa shape index (κ2) is 11.2. The van der Waals surface area contributed by atoms with Gasteiger partial charge in [-0.15, -0.1) is 0 Å². The molecule has 3 aliphatic carbocycles. The second-order valence-corrected chi connectivity index (χ2v) is 14.4. The fourth-order valence-electron chi connectivity index (χ4n) is 7.01. The van der Waals surface area contributed by atoms with E-state index < -0.39 is 17.2 Å². The number of hydrogen-bond donors (Lipinski definition) is 0. The molecule has 1 aromatic heterocycles. The fraction of sp³-hybridized carbons (Fsp3) is 0.588. The highest BCUT2D eigenvalue weighted by molar-refractivity contribution is 6.34. The molecule has 2 heterocycles. The molecule has 7 nitrogen and oxygen atoms in total. The average Bonchev–Trinajstić information content (AvgIpc) is 3.31. The van der Waals surface area contributed by atoms with E-state index in [-0.39, 0.29) is 34.3 Å². The van der Waals surface area contributed by atoms with Crippen LogP contribution in [0.15, 0.2) is 24.3 Å². The number of rotatable bonds is 5. The van der Waals surface area contributed by atoms with Crippen LogP contribution in [0.1, 0.15) is 106 Å². The number of benzene rings is 1. The first kappa shape index (κ1) is 30.0. The summed E-state index contributed by atoms with van der Waals surface area (Å²) in [5.74, 6) is -0.494. The van der Waals surface area contributed by atoms with E-state index in [1.807, 2.05) is 31.7 Å². The SMILES string of the molecule is CC1CN(C(=O)C2CCc3c(C4=CCC(C(=O)OC(C)(C)C)CC4)nn(C(=O)c4c(Cl)cccc4C4(F)CCC4)c3C2)C1. The Labute approximate surface area is 257 Å². The number of carbonyl (C=O) groups is 3. The van der Waals surface area contributed by atoms with E-state index >= 15 is 4.39 Å². The zero-order valence-electron chi connectivity index (χ0n) is 25.6. The number of amides is 1. The molecule has 1 saturated carbocycles. The summed E-state index contributed by atoms with van der Waals surface area (Å²) in [5, 5.41) is 5.09. The van der Waals surface area contributed by atoms with Crippen molar-refractivity contribution in [2.24, 2.45) is 17.8 Å². The van der Waals surface area contributed by atoms with Crippen molar-refractivity contribution in [3.63, 3.8) is 0 Å². The Morgan fingerprint density at radius 3 is 2.42 bits per heavy atom. The molecule has 0 N–H and O–H groups in total. The number of carbonyl (C=O) groups excluding carboxylic acids is 3. The Bertz CT molecular complexity index is 1500. The highest BCUT2D eigenvalue weighted by atomic mass is 35.5. The standard InChI is InChI=1S/C34H41ClFN3O4/c1-20-18-38(19-20)30(40)23-13-14-24-27(17-23)39(31(41)28-25(7-5-8-26(28)35)34(36)15-6-16-34)37-29(24)21-9-11-22(12-10-21)32(42)43-33(2,3)4/h5,7-9,20,22-23H,6,10-19H2,1-4H3. The van der Waals surface area contributed by atoms with Gasteiger partial charge >= 0.3 is 5.97 Å². The number of fused-ring (bicyclic) bond motifs is 1. The number of esters is 1. The molecule has 1 amide bonds. The normalized spacial score (nSPS) is 23.5. The molecule has 1 aromatic carbocycles. The minimum absolute atomic E-state index is 0.123. The van der Waals surface area contributed by atoms with Crippen molar-refractivity contribution in [3.05, 3.63) is 57.4 Å². The molecule has 0 bridgehead atoms. The molecule has 4 aliphatic rings. The number of likely N-dealkylation sites (tertiary alicyclic amines) is 1. The van der Waals surface area contributed by atoms with Crippen molar-refractivity contribution >= 4 is 35.0 Å². The molecule has 2 aromatic rings. The van der Waals surface area contributed by atoms with Gasteiger partial charge in [0.05, 0.1) is 27.9 Å². The Morgan fingerprint density at radius 2 is 1.81 bits per heavy atom. The minimum Gasteiger partial charge on any atom is -0.460 e. The Kier molecular flexibility index (Phi) is 7.81. The number of ether oxygens (including phenoxy) is 1. The maximum Gasteiger partial charge on any atom is 0.309 e. The summed E-state index contributed by atoms with van der Waals surface area (Å²) in [7, 11) is 0. The highest BCUT2D eigenvalue weighted by Gasteiger charge is 2.43. The van der Waals surface area contributed by atoms with Gasteiger partial charge in [0.15, 0.2) is 0 Å². The summed E-state index contributed by atoms with van der Waals surface area (Å²) in [6.45, 7) is 9.26. The van der Waals surface area contributed by atoms with Gasteiger partial charge < -0.3 is 9.64 Å². The van der Waals surface area contributed by atoms with E-state index in [9.17, 15) is 14.4 Å². The molecule has 230 valence electrons. The van der Waals surface area contributed by atoms with Gasteiger partial charge in [0.25, 0.3) is 5.91 Å². The van der Waals surface area contributed by atoms with Crippen LogP contribution in [-0.4, -0.2) is 51.2 Å². The van der Waals surface area contributed by atoms with Crippen molar-refractivity contribution in [3.8, 4) is 0 Å². The summed E-state index contributed by atoms with van der Waals surface area (Å²) in [5.41, 5.74) is 1.74. The molecule has 1 saturated heterocycles. The van der Waals surface area contributed by atoms with E-state index in [2.05, 4.69) is 6.92 Å². The van der Waals surface area contributed by atoms with Gasteiger partial charge in [0.2, 0.25) is 5.91 Å². The highest BCUT2D eigenvalue weighted by Crippen LogP contribution is 2.48. The summed E-state index contributed by atoms with van der Waals surface area (Å²) in [4.78, 5) is 42.3. The second-order valence-electron chi connectivity index (χ2n) is 14.0. The van der Waals surface area contributed by atoms with Crippen LogP contribution >= 0.6 is 11.6 Å². The number of halogens is 2. The lowest BCUT2D eigenvalue weighted by Crippen LogP contribution is -2.51. The van der Waals surface area contributed by atoms with Crippen molar-refractivity contribution in [2.45, 2.75) is 96.8 Å². The van der Waals surface area contributed by atoms with Crippen molar-refractivity contribution in [1.29, 1.82) is 0 Å². The van der Waals surface area contributed by atoms with Gasteiger partial charge in [-0.05, 0) is 89.7 Å². The largest absolute Gasteiger partial charge is 0.460 e. The average molecular weight is 610 g/mol. The van der Waals surface area contributed by atoms with E-state index in [0.717, 1.165) is 36.3 Å². The number of allylic oxidation sites excluding steroid dienone is 2. The van der Waals surface area contributed by atoms with Gasteiger partial charge in [0.1, 0.15) is 11.3 Å². The van der Waals surface area contributed by atoms with Crippen LogP contribution < -0.4 is 0 Å². The molecular weight excluding hydrogens is 569 g/mol. The molecule has 6 rings (SSSR count). The zero-order valence-corrected chi connectivity index (χ0v) is 26.3. The van der Waals surface area contributed by atoms with Crippen LogP contribution in [-0.2, 0) is 32.8 Å². The molecule has 2 atom stereocenters. The van der Waals surface area contributed by atoms with Crippen molar-refractivity contribution in [1.82, 2.24) is 14.7 Å². The summed E-state index contributed by atoms with van der Waals surface area (Å²) < 4.78 is 22.8. The molecule has 0 radical (unpaired) electrons. The fourth-order valence-corrected chi connectivity index (χ4v) is 7.27. The Morgan fingerprint density at radius 1 is 1.09 bits per heavy atom. The van der Waals surface area contributed by atoms with E-state index in [4.69, 9.17) is 21.4 Å². The monoisotopic (exact) mass is 609 g/mol. The number of nitrogens with zero attached hydrogens (tertiary/aromatic N) is 3. The Hall–Kier alpha value is -3.00. The third kappa shape index (κ3) is 5.67. The molecular formula is C34H41ClFN3O4. The number of alkyl halides is 1. The van der Waals surface area contributed by atoms with Crippen LogP contribution in [0, 0.1) is 17.8 Å². The van der Waals surface area contributed by atoms with Crippen LogP contribution in [0.2, 0.25) is 5.02 Å². The van der Waals surface area contributed by atoms with Gasteiger partial charge in [0, 0.05) is 36.6 Å². The predicted molar refractivity (Wildman–Crippen MR) is 162 cm³/mol. The minimum atomic E-state index is -1.58. The van der Waals surface area contributed by atoms with Gasteiger partial charge in [-0.2, -0.15) is 9.78 Å². The lowest BCUT2D eigenvalue weighted by molar-refractivity contribution is -0.160. The third-order valence-electron chi connectivity index (χ3n) is 9.50. The van der Waals surface area contributed by atoms with Crippen LogP contribution in [0.5, 0.6) is 0 Å². The van der Waals surface area contributed by atoms with Crippen molar-refractivity contribution in [2.75, 3.05) is 13.1 Å². The molecule has 1 aliphatic heterocycles. The van der Waals surface area contributed by atoms with E-state index in [0.29, 0.717) is 68.5 Å². The maximum atomic E-state index is 15.8. The van der Waals surface area contributed by atoms with E-state index in [1.165, 1.54) is 4.68 Å². The van der Waals surface area contributed by atoms with Gasteiger partial charge in [-0.25, -0.2) is 4.39 Å². The lowest BCUT2D eigenvalue weighted by atomic mass is 9.75. The first-order chi connectivity index (χ1) is 20.3. The topological polar surface area (TPSA) is 81.5 Å². The quantitative estimate of drug-likeness (QED) is 0.353. The van der Waals surface area contributed by atoms with Crippen LogP contribution in [0.4, 0.5) is 4.39 Å². The first-order valence-electron chi connectivity index (χ1n) is 15.7. The van der Waals surface area contributed by atoms with E-state index in [1.54, 1.807) is 18.2 Å². The molecule has 2 unspecified atom stereocenters. The number of hydrogen-bond acceptors (Lipinski definition) is 5. The summed E-state index contributed by atoms with van der Waals surface area (Å²) in [6, 6.07) is 4.97. The van der Waals surface area contributed by atoms with Crippen LogP contribution in [0.25, 0.3) is 5.57 Å². The molecule has 9 heteroatoms. The van der Waals surface area contributed by atoms with Crippen LogP contribution in [0.3, 0.4) is 0 Å². The first-order valence-corrected chi connectivity index (χ1v) is 16.1. The van der Waals surface area contributed by atoms with Gasteiger partial charge in [-0.3, -0.25) is 14.4 Å². The Balaban J connectivity index is 1.36. The predicted octanol–water partition coefficient (Wildman–Crippen LogP) is 6.68. The van der Waals surface area contributed by atoms with Gasteiger partial charge in [-0.1, -0.05) is 36.7 Å².